The number of carbonyl (C=O) groups is 2. The number of rotatable bonds is 9. The Morgan fingerprint density at radius 3 is 2.21 bits per heavy atom. The third-order valence-corrected chi connectivity index (χ3v) is 4.49. The van der Waals surface area contributed by atoms with Gasteiger partial charge in [0.1, 0.15) is 11.8 Å². The Kier molecular flexibility index (Phi) is 8.05. The quantitative estimate of drug-likeness (QED) is 0.714. The van der Waals surface area contributed by atoms with Crippen LogP contribution in [-0.2, 0) is 16.1 Å². The summed E-state index contributed by atoms with van der Waals surface area (Å²) in [6.45, 7) is 6.83. The Balaban J connectivity index is 2.36. The van der Waals surface area contributed by atoms with E-state index in [0.29, 0.717) is 25.4 Å². The standard InChI is InChI=1S/C23H30N2O3/c1-5-21(26)25(16-18-11-13-20(28-4)14-12-18)22(19-9-7-6-8-10-19)23(27)24-15-17(2)3/h6-14,17,22H,5,15-16H2,1-4H3,(H,24,27). The lowest BCUT2D eigenvalue weighted by molar-refractivity contribution is -0.141. The number of nitrogens with zero attached hydrogens (tertiary/aromatic N) is 1. The van der Waals surface area contributed by atoms with Gasteiger partial charge in [0.2, 0.25) is 11.8 Å². The summed E-state index contributed by atoms with van der Waals surface area (Å²) in [5.74, 6) is 0.864. The fraction of sp³-hybridized carbons (Fsp3) is 0.391. The largest absolute Gasteiger partial charge is 0.497 e. The molecule has 28 heavy (non-hydrogen) atoms. The highest BCUT2D eigenvalue weighted by Crippen LogP contribution is 2.25. The molecule has 1 unspecified atom stereocenters. The number of carbonyl (C=O) groups excluding carboxylic acids is 2. The first-order valence-electron chi connectivity index (χ1n) is 9.71. The van der Waals surface area contributed by atoms with E-state index < -0.39 is 6.04 Å². The van der Waals surface area contributed by atoms with Crippen LogP contribution in [0.5, 0.6) is 5.75 Å². The molecule has 0 spiro atoms. The molecule has 1 atom stereocenters. The van der Waals surface area contributed by atoms with E-state index in [0.717, 1.165) is 16.9 Å². The molecule has 0 saturated carbocycles. The van der Waals surface area contributed by atoms with Gasteiger partial charge in [-0.2, -0.15) is 0 Å². The fourth-order valence-electron chi connectivity index (χ4n) is 2.96. The maximum atomic E-state index is 13.1. The van der Waals surface area contributed by atoms with Crippen molar-refractivity contribution >= 4 is 11.8 Å². The smallest absolute Gasteiger partial charge is 0.247 e. The molecule has 0 aliphatic rings. The zero-order valence-electron chi connectivity index (χ0n) is 17.1. The van der Waals surface area contributed by atoms with Gasteiger partial charge in [-0.3, -0.25) is 9.59 Å². The van der Waals surface area contributed by atoms with Crippen LogP contribution < -0.4 is 10.1 Å². The molecule has 0 bridgehead atoms. The van der Waals surface area contributed by atoms with Crippen molar-refractivity contribution in [2.45, 2.75) is 39.8 Å². The van der Waals surface area contributed by atoms with Crippen molar-refractivity contribution < 1.29 is 14.3 Å². The Hall–Kier alpha value is -2.82. The van der Waals surface area contributed by atoms with Crippen LogP contribution in [0.15, 0.2) is 54.6 Å². The maximum Gasteiger partial charge on any atom is 0.247 e. The molecule has 5 heteroatoms. The van der Waals surface area contributed by atoms with Crippen molar-refractivity contribution in [1.29, 1.82) is 0 Å². The Bertz CT molecular complexity index is 757. The van der Waals surface area contributed by atoms with Crippen molar-refractivity contribution in [3.63, 3.8) is 0 Å². The molecule has 2 rings (SSSR count). The van der Waals surface area contributed by atoms with E-state index in [1.807, 2.05) is 75.4 Å². The number of amides is 2. The van der Waals surface area contributed by atoms with Crippen molar-refractivity contribution in [3.05, 3.63) is 65.7 Å². The topological polar surface area (TPSA) is 58.6 Å². The second-order valence-electron chi connectivity index (χ2n) is 7.18. The first-order valence-corrected chi connectivity index (χ1v) is 9.71. The fourth-order valence-corrected chi connectivity index (χ4v) is 2.96. The van der Waals surface area contributed by atoms with Crippen molar-refractivity contribution in [2.75, 3.05) is 13.7 Å². The van der Waals surface area contributed by atoms with E-state index in [4.69, 9.17) is 4.74 Å². The monoisotopic (exact) mass is 382 g/mol. The second kappa shape index (κ2) is 10.5. The third kappa shape index (κ3) is 5.84. The first-order chi connectivity index (χ1) is 13.5. The average molecular weight is 383 g/mol. The van der Waals surface area contributed by atoms with Crippen molar-refractivity contribution in [1.82, 2.24) is 10.2 Å². The van der Waals surface area contributed by atoms with Crippen LogP contribution >= 0.6 is 0 Å². The van der Waals surface area contributed by atoms with Gasteiger partial charge in [-0.15, -0.1) is 0 Å². The highest BCUT2D eigenvalue weighted by atomic mass is 16.5. The van der Waals surface area contributed by atoms with Crippen LogP contribution in [0.2, 0.25) is 0 Å². The maximum absolute atomic E-state index is 13.1. The van der Waals surface area contributed by atoms with E-state index in [-0.39, 0.29) is 11.8 Å². The summed E-state index contributed by atoms with van der Waals surface area (Å²) in [7, 11) is 1.62. The van der Waals surface area contributed by atoms with Gasteiger partial charge in [-0.25, -0.2) is 0 Å². The zero-order valence-corrected chi connectivity index (χ0v) is 17.1. The van der Waals surface area contributed by atoms with Crippen LogP contribution in [0.25, 0.3) is 0 Å². The normalized spacial score (nSPS) is 11.8. The highest BCUT2D eigenvalue weighted by molar-refractivity contribution is 5.88. The van der Waals surface area contributed by atoms with Gasteiger partial charge in [0.15, 0.2) is 0 Å². The Morgan fingerprint density at radius 2 is 1.68 bits per heavy atom. The van der Waals surface area contributed by atoms with E-state index in [1.165, 1.54) is 0 Å². The lowest BCUT2D eigenvalue weighted by Gasteiger charge is -2.31. The molecule has 0 radical (unpaired) electrons. The van der Waals surface area contributed by atoms with Crippen LogP contribution in [0.1, 0.15) is 44.4 Å². The van der Waals surface area contributed by atoms with Gasteiger partial charge in [0.05, 0.1) is 7.11 Å². The summed E-state index contributed by atoms with van der Waals surface area (Å²) in [6.07, 6.45) is 0.330. The predicted octanol–water partition coefficient (Wildman–Crippen LogP) is 3.95. The number of benzene rings is 2. The van der Waals surface area contributed by atoms with Gasteiger partial charge in [-0.1, -0.05) is 63.2 Å². The third-order valence-electron chi connectivity index (χ3n) is 4.49. The molecule has 0 fully saturated rings. The molecule has 2 aromatic carbocycles. The first kappa shape index (κ1) is 21.5. The SMILES string of the molecule is CCC(=O)N(Cc1ccc(OC)cc1)C(C(=O)NCC(C)C)c1ccccc1. The summed E-state index contributed by atoms with van der Waals surface area (Å²) >= 11 is 0. The molecule has 0 aliphatic heterocycles. The number of hydrogen-bond acceptors (Lipinski definition) is 3. The summed E-state index contributed by atoms with van der Waals surface area (Å²) in [5.41, 5.74) is 1.75. The van der Waals surface area contributed by atoms with Gasteiger partial charge in [0.25, 0.3) is 0 Å². The molecule has 0 aliphatic carbocycles. The number of ether oxygens (including phenoxy) is 1. The van der Waals surface area contributed by atoms with Gasteiger partial charge >= 0.3 is 0 Å². The van der Waals surface area contributed by atoms with Crippen molar-refractivity contribution in [2.24, 2.45) is 5.92 Å². The Labute approximate surface area is 167 Å². The molecule has 1 N–H and O–H groups in total. The van der Waals surface area contributed by atoms with Gasteiger partial charge in [0, 0.05) is 19.5 Å². The van der Waals surface area contributed by atoms with E-state index in [1.54, 1.807) is 12.0 Å². The summed E-state index contributed by atoms with van der Waals surface area (Å²) in [5, 5.41) is 2.99. The molecule has 0 heterocycles. The molecule has 2 aromatic rings. The molecule has 2 amide bonds. The molecule has 5 nitrogen and oxygen atoms in total. The lowest BCUT2D eigenvalue weighted by atomic mass is 10.0. The summed E-state index contributed by atoms with van der Waals surface area (Å²) in [6, 6.07) is 16.4. The average Bonchev–Trinajstić information content (AvgIpc) is 2.72. The minimum atomic E-state index is -0.672. The van der Waals surface area contributed by atoms with E-state index in [9.17, 15) is 9.59 Å². The zero-order chi connectivity index (χ0) is 20.5. The number of methoxy groups -OCH3 is 1. The predicted molar refractivity (Wildman–Crippen MR) is 111 cm³/mol. The van der Waals surface area contributed by atoms with Gasteiger partial charge in [-0.05, 0) is 29.2 Å². The number of nitrogens with one attached hydrogen (secondary N) is 1. The molecule has 150 valence electrons. The molecular formula is C23H30N2O3. The second-order valence-corrected chi connectivity index (χ2v) is 7.18. The summed E-state index contributed by atoms with van der Waals surface area (Å²) in [4.78, 5) is 27.6. The van der Waals surface area contributed by atoms with Gasteiger partial charge < -0.3 is 15.0 Å². The van der Waals surface area contributed by atoms with Crippen LogP contribution in [-0.4, -0.2) is 30.4 Å². The molecule has 0 aromatic heterocycles. The Morgan fingerprint density at radius 1 is 1.04 bits per heavy atom. The van der Waals surface area contributed by atoms with E-state index in [2.05, 4.69) is 5.32 Å². The van der Waals surface area contributed by atoms with Crippen LogP contribution in [0.3, 0.4) is 0 Å². The van der Waals surface area contributed by atoms with Crippen LogP contribution in [0.4, 0.5) is 0 Å². The molecule has 0 saturated heterocycles. The van der Waals surface area contributed by atoms with E-state index >= 15 is 0 Å². The minimum absolute atomic E-state index is 0.0654. The molecular weight excluding hydrogens is 352 g/mol. The highest BCUT2D eigenvalue weighted by Gasteiger charge is 2.30. The lowest BCUT2D eigenvalue weighted by Crippen LogP contribution is -2.44. The van der Waals surface area contributed by atoms with Crippen LogP contribution in [0, 0.1) is 5.92 Å². The number of hydrogen-bond donors (Lipinski definition) is 1. The minimum Gasteiger partial charge on any atom is -0.497 e. The van der Waals surface area contributed by atoms with Crippen molar-refractivity contribution in [3.8, 4) is 5.75 Å². The summed E-state index contributed by atoms with van der Waals surface area (Å²) < 4.78 is 5.21.